The summed E-state index contributed by atoms with van der Waals surface area (Å²) in [5.41, 5.74) is 5.00. The standard InChI is InChI=1S/C26H40O2Si/c1-25(2,3)29(5,6)28-20-9-11-21-18(17-20)7-10-23-22(21)13-15-26(4)19(14-16-27)8-12-24(23)26/h9,11,14,17,22-24,27H,7-8,10,12-13,15-16H2,1-6H3. The maximum atomic E-state index is 9.47. The maximum absolute atomic E-state index is 9.47. The van der Waals surface area contributed by atoms with Crippen LogP contribution in [0.3, 0.4) is 0 Å². The predicted molar refractivity (Wildman–Crippen MR) is 124 cm³/mol. The van der Waals surface area contributed by atoms with E-state index >= 15 is 0 Å². The van der Waals surface area contributed by atoms with Crippen molar-refractivity contribution in [3.05, 3.63) is 41.0 Å². The van der Waals surface area contributed by atoms with Crippen molar-refractivity contribution in [1.29, 1.82) is 0 Å². The highest BCUT2D eigenvalue weighted by Gasteiger charge is 2.52. The highest BCUT2D eigenvalue weighted by Crippen LogP contribution is 2.62. The molecular weight excluding hydrogens is 372 g/mol. The van der Waals surface area contributed by atoms with Gasteiger partial charge in [-0.1, -0.05) is 45.4 Å². The van der Waals surface area contributed by atoms with E-state index in [0.717, 1.165) is 17.6 Å². The molecule has 0 aliphatic heterocycles. The highest BCUT2D eigenvalue weighted by atomic mass is 28.4. The first-order valence-corrected chi connectivity index (χ1v) is 14.6. The lowest BCUT2D eigenvalue weighted by Gasteiger charge is -2.49. The van der Waals surface area contributed by atoms with Gasteiger partial charge in [0.05, 0.1) is 6.61 Å². The third kappa shape index (κ3) is 3.52. The fourth-order valence-corrected chi connectivity index (χ4v) is 7.39. The molecule has 4 rings (SSSR count). The lowest BCUT2D eigenvalue weighted by molar-refractivity contribution is 0.0810. The molecule has 29 heavy (non-hydrogen) atoms. The number of hydrogen-bond acceptors (Lipinski definition) is 2. The Hall–Kier alpha value is -1.06. The summed E-state index contributed by atoms with van der Waals surface area (Å²) in [6, 6.07) is 7.02. The third-order valence-corrected chi connectivity index (χ3v) is 13.4. The van der Waals surface area contributed by atoms with E-state index in [0.29, 0.717) is 11.3 Å². The summed E-state index contributed by atoms with van der Waals surface area (Å²) < 4.78 is 6.60. The largest absolute Gasteiger partial charge is 0.543 e. The van der Waals surface area contributed by atoms with Gasteiger partial charge in [0, 0.05) is 0 Å². The van der Waals surface area contributed by atoms with Crippen molar-refractivity contribution in [1.82, 2.24) is 0 Å². The molecular formula is C26H40O2Si. The topological polar surface area (TPSA) is 29.5 Å². The molecule has 3 aliphatic carbocycles. The Kier molecular flexibility index (Phi) is 5.31. The Labute approximate surface area is 178 Å². The minimum atomic E-state index is -1.80. The van der Waals surface area contributed by atoms with Crippen molar-refractivity contribution in [3.63, 3.8) is 0 Å². The predicted octanol–water partition coefficient (Wildman–Crippen LogP) is 6.85. The molecule has 1 aromatic carbocycles. The molecule has 2 nitrogen and oxygen atoms in total. The lowest BCUT2D eigenvalue weighted by atomic mass is 9.55. The van der Waals surface area contributed by atoms with Crippen molar-refractivity contribution in [3.8, 4) is 5.75 Å². The lowest BCUT2D eigenvalue weighted by Crippen LogP contribution is -2.44. The second kappa shape index (κ2) is 7.27. The summed E-state index contributed by atoms with van der Waals surface area (Å²) in [7, 11) is -1.80. The summed E-state index contributed by atoms with van der Waals surface area (Å²) >= 11 is 0. The van der Waals surface area contributed by atoms with Gasteiger partial charge in [-0.2, -0.15) is 0 Å². The molecule has 2 saturated carbocycles. The molecule has 0 bridgehead atoms. The summed E-state index contributed by atoms with van der Waals surface area (Å²) in [4.78, 5) is 0. The van der Waals surface area contributed by atoms with Crippen molar-refractivity contribution in [2.45, 2.75) is 90.3 Å². The van der Waals surface area contributed by atoms with Crippen LogP contribution in [0, 0.1) is 17.3 Å². The van der Waals surface area contributed by atoms with Gasteiger partial charge in [0.15, 0.2) is 0 Å². The van der Waals surface area contributed by atoms with Crippen LogP contribution in [0.2, 0.25) is 18.1 Å². The summed E-state index contributed by atoms with van der Waals surface area (Å²) in [6.07, 6.45) is 9.68. The average molecular weight is 413 g/mol. The van der Waals surface area contributed by atoms with Crippen molar-refractivity contribution >= 4 is 8.32 Å². The van der Waals surface area contributed by atoms with Crippen LogP contribution in [-0.2, 0) is 6.42 Å². The average Bonchev–Trinajstić information content (AvgIpc) is 2.97. The molecule has 0 radical (unpaired) electrons. The first-order valence-electron chi connectivity index (χ1n) is 11.7. The van der Waals surface area contributed by atoms with Crippen LogP contribution >= 0.6 is 0 Å². The van der Waals surface area contributed by atoms with Gasteiger partial charge in [-0.05, 0) is 103 Å². The molecule has 3 aliphatic rings. The number of rotatable bonds is 3. The van der Waals surface area contributed by atoms with Crippen LogP contribution in [0.1, 0.15) is 76.8 Å². The molecule has 4 unspecified atom stereocenters. The van der Waals surface area contributed by atoms with Gasteiger partial charge in [-0.25, -0.2) is 0 Å². The van der Waals surface area contributed by atoms with Crippen LogP contribution in [-0.4, -0.2) is 20.0 Å². The minimum Gasteiger partial charge on any atom is -0.543 e. The van der Waals surface area contributed by atoms with Crippen LogP contribution < -0.4 is 4.43 Å². The first kappa shape index (κ1) is 21.2. The molecule has 1 N–H and O–H groups in total. The summed E-state index contributed by atoms with van der Waals surface area (Å²) in [6.45, 7) is 14.3. The third-order valence-electron chi connectivity index (χ3n) is 9.06. The van der Waals surface area contributed by atoms with Gasteiger partial charge in [-0.15, -0.1) is 0 Å². The highest BCUT2D eigenvalue weighted by molar-refractivity contribution is 6.74. The summed E-state index contributed by atoms with van der Waals surface area (Å²) in [5, 5.41) is 9.69. The van der Waals surface area contributed by atoms with Crippen LogP contribution in [0.5, 0.6) is 5.75 Å². The van der Waals surface area contributed by atoms with Crippen molar-refractivity contribution < 1.29 is 9.53 Å². The van der Waals surface area contributed by atoms with E-state index in [4.69, 9.17) is 4.43 Å². The summed E-state index contributed by atoms with van der Waals surface area (Å²) in [5.74, 6) is 3.39. The van der Waals surface area contributed by atoms with Crippen LogP contribution in [0.15, 0.2) is 29.8 Å². The van der Waals surface area contributed by atoms with E-state index < -0.39 is 8.32 Å². The molecule has 0 heterocycles. The fraction of sp³-hybridized carbons (Fsp3) is 0.692. The number of aliphatic hydroxyl groups excluding tert-OH is 1. The Morgan fingerprint density at radius 2 is 1.93 bits per heavy atom. The van der Waals surface area contributed by atoms with Gasteiger partial charge in [0.2, 0.25) is 8.32 Å². The molecule has 0 spiro atoms. The van der Waals surface area contributed by atoms with Gasteiger partial charge in [0.25, 0.3) is 0 Å². The molecule has 2 fully saturated rings. The van der Waals surface area contributed by atoms with E-state index in [1.807, 2.05) is 0 Å². The number of aliphatic hydroxyl groups is 1. The second-order valence-electron chi connectivity index (χ2n) is 11.5. The molecule has 4 atom stereocenters. The Bertz CT molecular complexity index is 803. The number of aryl methyl sites for hydroxylation is 1. The fourth-order valence-electron chi connectivity index (χ4n) is 6.36. The van der Waals surface area contributed by atoms with E-state index in [1.165, 1.54) is 49.7 Å². The number of benzene rings is 1. The SMILES string of the molecule is CC12CCC3c4ccc(O[Si](C)(C)C(C)(C)C)cc4CCC3C1CCC2=CCO. The zero-order valence-corrected chi connectivity index (χ0v) is 20.3. The van der Waals surface area contributed by atoms with Crippen molar-refractivity contribution in [2.75, 3.05) is 6.61 Å². The Morgan fingerprint density at radius 1 is 1.17 bits per heavy atom. The van der Waals surface area contributed by atoms with Crippen LogP contribution in [0.4, 0.5) is 0 Å². The number of fused-ring (bicyclic) bond motifs is 5. The Morgan fingerprint density at radius 3 is 2.62 bits per heavy atom. The molecule has 1 aromatic rings. The van der Waals surface area contributed by atoms with Crippen LogP contribution in [0.25, 0.3) is 0 Å². The van der Waals surface area contributed by atoms with Gasteiger partial charge in [-0.3, -0.25) is 0 Å². The number of hydrogen-bond donors (Lipinski definition) is 1. The van der Waals surface area contributed by atoms with Gasteiger partial charge < -0.3 is 9.53 Å². The van der Waals surface area contributed by atoms with E-state index in [1.54, 1.807) is 5.56 Å². The molecule has 3 heteroatoms. The zero-order valence-electron chi connectivity index (χ0n) is 19.3. The number of allylic oxidation sites excluding steroid dienone is 1. The maximum Gasteiger partial charge on any atom is 0.250 e. The van der Waals surface area contributed by atoms with Gasteiger partial charge >= 0.3 is 0 Å². The van der Waals surface area contributed by atoms with E-state index in [2.05, 4.69) is 65.1 Å². The van der Waals surface area contributed by atoms with E-state index in [9.17, 15) is 5.11 Å². The molecule has 0 amide bonds. The molecule has 0 saturated heterocycles. The normalized spacial score (nSPS) is 33.2. The smallest absolute Gasteiger partial charge is 0.250 e. The van der Waals surface area contributed by atoms with Crippen molar-refractivity contribution in [2.24, 2.45) is 17.3 Å². The molecule has 160 valence electrons. The minimum absolute atomic E-state index is 0.200. The van der Waals surface area contributed by atoms with Gasteiger partial charge in [0.1, 0.15) is 5.75 Å². The molecule has 0 aromatic heterocycles. The van der Waals surface area contributed by atoms with E-state index in [-0.39, 0.29) is 11.6 Å². The monoisotopic (exact) mass is 412 g/mol. The first-order chi connectivity index (χ1) is 13.6. The Balaban J connectivity index is 1.58. The second-order valence-corrected chi connectivity index (χ2v) is 16.3. The zero-order chi connectivity index (χ0) is 21.0. The quantitative estimate of drug-likeness (QED) is 0.435.